The van der Waals surface area contributed by atoms with E-state index in [0.29, 0.717) is 0 Å². The van der Waals surface area contributed by atoms with Crippen LogP contribution >= 0.6 is 11.6 Å². The lowest BCUT2D eigenvalue weighted by molar-refractivity contribution is 0.373. The van der Waals surface area contributed by atoms with E-state index in [0.717, 1.165) is 36.2 Å². The number of nitrogens with one attached hydrogen (secondary N) is 1. The van der Waals surface area contributed by atoms with Gasteiger partial charge in [-0.1, -0.05) is 11.6 Å². The van der Waals surface area contributed by atoms with Crippen molar-refractivity contribution >= 4 is 11.6 Å². The molecule has 2 rings (SSSR count). The number of piperidine rings is 1. The molecule has 2 nitrogen and oxygen atoms in total. The zero-order valence-corrected chi connectivity index (χ0v) is 11.3. The van der Waals surface area contributed by atoms with Crippen LogP contribution in [0.4, 0.5) is 0 Å². The van der Waals surface area contributed by atoms with E-state index in [1.165, 1.54) is 24.0 Å². The maximum Gasteiger partial charge on any atom is 0.123 e. The van der Waals surface area contributed by atoms with E-state index in [-0.39, 0.29) is 0 Å². The van der Waals surface area contributed by atoms with Crippen molar-refractivity contribution in [1.29, 1.82) is 0 Å². The lowest BCUT2D eigenvalue weighted by atomic mass is 9.90. The zero-order chi connectivity index (χ0) is 12.3. The van der Waals surface area contributed by atoms with Gasteiger partial charge >= 0.3 is 0 Å². The summed E-state index contributed by atoms with van der Waals surface area (Å²) < 4.78 is 5.36. The zero-order valence-electron chi connectivity index (χ0n) is 10.6. The molecule has 0 radical (unpaired) electrons. The molecule has 17 heavy (non-hydrogen) atoms. The highest BCUT2D eigenvalue weighted by atomic mass is 35.5. The Hall–Kier alpha value is -0.730. The Morgan fingerprint density at radius 2 is 2.29 bits per heavy atom. The van der Waals surface area contributed by atoms with Gasteiger partial charge in [0.15, 0.2) is 0 Å². The van der Waals surface area contributed by atoms with Crippen LogP contribution in [-0.4, -0.2) is 20.2 Å². The number of hydrogen-bond donors (Lipinski definition) is 1. The molecule has 1 saturated heterocycles. The maximum atomic E-state index is 6.12. The third-order valence-electron chi connectivity index (χ3n) is 3.56. The van der Waals surface area contributed by atoms with Gasteiger partial charge < -0.3 is 10.1 Å². The molecule has 94 valence electrons. The molecule has 1 aromatic rings. The molecule has 1 N–H and O–H groups in total. The van der Waals surface area contributed by atoms with Crippen LogP contribution in [0.3, 0.4) is 0 Å². The Kier molecular flexibility index (Phi) is 4.30. The van der Waals surface area contributed by atoms with Crippen LogP contribution in [-0.2, 0) is 6.42 Å². The van der Waals surface area contributed by atoms with E-state index in [9.17, 15) is 0 Å². The minimum Gasteiger partial charge on any atom is -0.496 e. The largest absolute Gasteiger partial charge is 0.496 e. The highest BCUT2D eigenvalue weighted by molar-refractivity contribution is 6.30. The predicted octanol–water partition coefficient (Wildman–Crippen LogP) is 3.20. The summed E-state index contributed by atoms with van der Waals surface area (Å²) in [4.78, 5) is 0. The van der Waals surface area contributed by atoms with Crippen molar-refractivity contribution in [3.63, 3.8) is 0 Å². The molecule has 1 unspecified atom stereocenters. The SMILES string of the molecule is COc1cc(Cl)cc(CC2CCCNC2)c1C. The van der Waals surface area contributed by atoms with Crippen LogP contribution in [0.1, 0.15) is 24.0 Å². The minimum atomic E-state index is 0.727. The van der Waals surface area contributed by atoms with Gasteiger partial charge in [-0.15, -0.1) is 0 Å². The summed E-state index contributed by atoms with van der Waals surface area (Å²) in [6.07, 6.45) is 3.68. The van der Waals surface area contributed by atoms with Crippen molar-refractivity contribution in [2.24, 2.45) is 5.92 Å². The summed E-state index contributed by atoms with van der Waals surface area (Å²) in [7, 11) is 1.70. The van der Waals surface area contributed by atoms with Crippen LogP contribution in [0.2, 0.25) is 5.02 Å². The fourth-order valence-corrected chi connectivity index (χ4v) is 2.77. The van der Waals surface area contributed by atoms with Crippen molar-refractivity contribution in [2.45, 2.75) is 26.2 Å². The van der Waals surface area contributed by atoms with Crippen molar-refractivity contribution in [2.75, 3.05) is 20.2 Å². The summed E-state index contributed by atoms with van der Waals surface area (Å²) in [5.41, 5.74) is 2.55. The second-order valence-electron chi connectivity index (χ2n) is 4.81. The van der Waals surface area contributed by atoms with E-state index in [4.69, 9.17) is 16.3 Å². The maximum absolute atomic E-state index is 6.12. The molecule has 0 aliphatic carbocycles. The fraction of sp³-hybridized carbons (Fsp3) is 0.571. The first kappa shape index (κ1) is 12.7. The molecular weight excluding hydrogens is 234 g/mol. The Morgan fingerprint density at radius 3 is 2.94 bits per heavy atom. The molecule has 0 saturated carbocycles. The summed E-state index contributed by atoms with van der Waals surface area (Å²) in [5.74, 6) is 1.63. The molecule has 0 amide bonds. The van der Waals surface area contributed by atoms with Crippen LogP contribution in [0.25, 0.3) is 0 Å². The van der Waals surface area contributed by atoms with E-state index in [2.05, 4.69) is 18.3 Å². The number of rotatable bonds is 3. The lowest BCUT2D eigenvalue weighted by Gasteiger charge is -2.24. The first-order valence-electron chi connectivity index (χ1n) is 6.24. The second kappa shape index (κ2) is 5.74. The summed E-state index contributed by atoms with van der Waals surface area (Å²) in [6, 6.07) is 3.97. The van der Waals surface area contributed by atoms with Gasteiger partial charge in [0, 0.05) is 5.02 Å². The molecule has 1 fully saturated rings. The van der Waals surface area contributed by atoms with Gasteiger partial charge in [0.1, 0.15) is 5.75 Å². The predicted molar refractivity (Wildman–Crippen MR) is 72.0 cm³/mol. The van der Waals surface area contributed by atoms with E-state index in [1.54, 1.807) is 7.11 Å². The van der Waals surface area contributed by atoms with Gasteiger partial charge in [-0.3, -0.25) is 0 Å². The Labute approximate surface area is 108 Å². The average molecular weight is 254 g/mol. The molecule has 1 atom stereocenters. The smallest absolute Gasteiger partial charge is 0.123 e. The number of benzene rings is 1. The molecule has 1 heterocycles. The van der Waals surface area contributed by atoms with E-state index < -0.39 is 0 Å². The first-order valence-corrected chi connectivity index (χ1v) is 6.62. The van der Waals surface area contributed by atoms with Crippen molar-refractivity contribution in [3.05, 3.63) is 28.3 Å². The van der Waals surface area contributed by atoms with Crippen LogP contribution in [0.5, 0.6) is 5.75 Å². The molecule has 3 heteroatoms. The van der Waals surface area contributed by atoms with E-state index >= 15 is 0 Å². The van der Waals surface area contributed by atoms with E-state index in [1.807, 2.05) is 6.07 Å². The Bertz CT molecular complexity index is 386. The van der Waals surface area contributed by atoms with Gasteiger partial charge in [-0.05, 0) is 68.5 Å². The van der Waals surface area contributed by atoms with Gasteiger partial charge in [0.2, 0.25) is 0 Å². The number of ether oxygens (including phenoxy) is 1. The normalized spacial score (nSPS) is 20.3. The fourth-order valence-electron chi connectivity index (χ4n) is 2.54. The van der Waals surface area contributed by atoms with Gasteiger partial charge in [-0.2, -0.15) is 0 Å². The van der Waals surface area contributed by atoms with Gasteiger partial charge in [0.25, 0.3) is 0 Å². The van der Waals surface area contributed by atoms with Crippen molar-refractivity contribution < 1.29 is 4.74 Å². The first-order chi connectivity index (χ1) is 8.20. The van der Waals surface area contributed by atoms with Crippen LogP contribution in [0.15, 0.2) is 12.1 Å². The third kappa shape index (κ3) is 3.14. The number of hydrogen-bond acceptors (Lipinski definition) is 2. The molecule has 0 aromatic heterocycles. The van der Waals surface area contributed by atoms with Crippen LogP contribution in [0, 0.1) is 12.8 Å². The second-order valence-corrected chi connectivity index (χ2v) is 5.25. The number of methoxy groups -OCH3 is 1. The molecule has 0 bridgehead atoms. The molecule has 1 aliphatic rings. The molecule has 1 aliphatic heterocycles. The van der Waals surface area contributed by atoms with Gasteiger partial charge in [-0.25, -0.2) is 0 Å². The molecule has 0 spiro atoms. The third-order valence-corrected chi connectivity index (χ3v) is 3.78. The summed E-state index contributed by atoms with van der Waals surface area (Å²) in [5, 5.41) is 4.22. The van der Waals surface area contributed by atoms with Crippen LogP contribution < -0.4 is 10.1 Å². The Balaban J connectivity index is 2.16. The molecular formula is C14H20ClNO. The minimum absolute atomic E-state index is 0.727. The highest BCUT2D eigenvalue weighted by Gasteiger charge is 2.16. The average Bonchev–Trinajstić information content (AvgIpc) is 2.34. The number of halogens is 1. The Morgan fingerprint density at radius 1 is 1.47 bits per heavy atom. The summed E-state index contributed by atoms with van der Waals surface area (Å²) in [6.45, 7) is 4.39. The standard InChI is InChI=1S/C14H20ClNO/c1-10-12(6-11-4-3-5-16-9-11)7-13(15)8-14(10)17-2/h7-8,11,16H,3-6,9H2,1-2H3. The van der Waals surface area contributed by atoms with Gasteiger partial charge in [0.05, 0.1) is 7.11 Å². The molecule has 1 aromatic carbocycles. The summed E-state index contributed by atoms with van der Waals surface area (Å²) >= 11 is 6.12. The monoisotopic (exact) mass is 253 g/mol. The lowest BCUT2D eigenvalue weighted by Crippen LogP contribution is -2.31. The highest BCUT2D eigenvalue weighted by Crippen LogP contribution is 2.29. The van der Waals surface area contributed by atoms with Crippen molar-refractivity contribution in [1.82, 2.24) is 5.32 Å². The van der Waals surface area contributed by atoms with Crippen molar-refractivity contribution in [3.8, 4) is 5.75 Å². The topological polar surface area (TPSA) is 21.3 Å². The quantitative estimate of drug-likeness (QED) is 0.893.